The Kier molecular flexibility index (Phi) is 4.87. The standard InChI is InChI=1S/C13H26N2O3S/c1-11-8-9-15(13(11)10-16)19(17,18)14(2)12-6-4-3-5-7-12/h11-13,16H,3-10H2,1-2H3. The summed E-state index contributed by atoms with van der Waals surface area (Å²) < 4.78 is 28.4. The van der Waals surface area contributed by atoms with Gasteiger partial charge in [0.25, 0.3) is 10.2 Å². The fraction of sp³-hybridized carbons (Fsp3) is 1.00. The maximum atomic E-state index is 12.7. The van der Waals surface area contributed by atoms with Gasteiger partial charge in [-0.3, -0.25) is 0 Å². The van der Waals surface area contributed by atoms with E-state index in [-0.39, 0.29) is 24.6 Å². The second kappa shape index (κ2) is 6.08. The Labute approximate surface area is 116 Å². The lowest BCUT2D eigenvalue weighted by Crippen LogP contribution is -2.50. The number of hydrogen-bond donors (Lipinski definition) is 1. The molecule has 1 saturated heterocycles. The van der Waals surface area contributed by atoms with Crippen LogP contribution in [0.1, 0.15) is 45.4 Å². The molecule has 2 atom stereocenters. The molecule has 0 radical (unpaired) electrons. The molecule has 2 fully saturated rings. The van der Waals surface area contributed by atoms with Crippen LogP contribution in [0, 0.1) is 5.92 Å². The normalized spacial score (nSPS) is 31.2. The van der Waals surface area contributed by atoms with Gasteiger partial charge in [-0.1, -0.05) is 26.2 Å². The van der Waals surface area contributed by atoms with Crippen molar-refractivity contribution in [2.24, 2.45) is 5.92 Å². The molecule has 6 heteroatoms. The molecule has 0 aromatic rings. The Morgan fingerprint density at radius 2 is 1.84 bits per heavy atom. The van der Waals surface area contributed by atoms with Gasteiger partial charge in [-0.2, -0.15) is 17.0 Å². The van der Waals surface area contributed by atoms with Crippen LogP contribution in [0.5, 0.6) is 0 Å². The molecule has 0 amide bonds. The summed E-state index contributed by atoms with van der Waals surface area (Å²) in [5.41, 5.74) is 0. The van der Waals surface area contributed by atoms with Gasteiger partial charge in [0, 0.05) is 19.6 Å². The monoisotopic (exact) mass is 290 g/mol. The Balaban J connectivity index is 2.12. The van der Waals surface area contributed by atoms with Crippen LogP contribution >= 0.6 is 0 Å². The minimum atomic E-state index is -3.43. The van der Waals surface area contributed by atoms with Gasteiger partial charge in [0.1, 0.15) is 0 Å². The number of hydrogen-bond acceptors (Lipinski definition) is 3. The smallest absolute Gasteiger partial charge is 0.282 e. The summed E-state index contributed by atoms with van der Waals surface area (Å²) in [5.74, 6) is 0.236. The minimum Gasteiger partial charge on any atom is -0.395 e. The third kappa shape index (κ3) is 2.96. The van der Waals surface area contributed by atoms with Crippen molar-refractivity contribution in [3.63, 3.8) is 0 Å². The van der Waals surface area contributed by atoms with Crippen LogP contribution in [0.15, 0.2) is 0 Å². The quantitative estimate of drug-likeness (QED) is 0.846. The highest BCUT2D eigenvalue weighted by Gasteiger charge is 2.42. The highest BCUT2D eigenvalue weighted by Crippen LogP contribution is 2.30. The Bertz CT molecular complexity index is 393. The highest BCUT2D eigenvalue weighted by molar-refractivity contribution is 7.86. The van der Waals surface area contributed by atoms with E-state index < -0.39 is 10.2 Å². The molecule has 5 nitrogen and oxygen atoms in total. The number of aliphatic hydroxyl groups is 1. The molecule has 1 heterocycles. The van der Waals surface area contributed by atoms with Crippen molar-refractivity contribution in [1.29, 1.82) is 0 Å². The van der Waals surface area contributed by atoms with Crippen molar-refractivity contribution in [2.75, 3.05) is 20.2 Å². The maximum absolute atomic E-state index is 12.7. The zero-order valence-corrected chi connectivity index (χ0v) is 12.8. The van der Waals surface area contributed by atoms with Crippen molar-refractivity contribution in [2.45, 2.75) is 57.5 Å². The van der Waals surface area contributed by atoms with E-state index in [2.05, 4.69) is 0 Å². The van der Waals surface area contributed by atoms with Crippen LogP contribution in [0.25, 0.3) is 0 Å². The Morgan fingerprint density at radius 3 is 2.42 bits per heavy atom. The largest absolute Gasteiger partial charge is 0.395 e. The van der Waals surface area contributed by atoms with E-state index in [4.69, 9.17) is 0 Å². The first-order valence-corrected chi connectivity index (χ1v) is 8.74. The zero-order chi connectivity index (χ0) is 14.0. The van der Waals surface area contributed by atoms with E-state index in [0.29, 0.717) is 6.54 Å². The van der Waals surface area contributed by atoms with Crippen LogP contribution < -0.4 is 0 Å². The summed E-state index contributed by atoms with van der Waals surface area (Å²) in [6.07, 6.45) is 6.20. The molecule has 2 aliphatic rings. The zero-order valence-electron chi connectivity index (χ0n) is 12.0. The average molecular weight is 290 g/mol. The van der Waals surface area contributed by atoms with Gasteiger partial charge in [0.05, 0.1) is 12.6 Å². The molecule has 0 bridgehead atoms. The predicted molar refractivity (Wildman–Crippen MR) is 74.9 cm³/mol. The summed E-state index contributed by atoms with van der Waals surface area (Å²) in [6, 6.07) is -0.120. The summed E-state index contributed by atoms with van der Waals surface area (Å²) in [6.45, 7) is 2.46. The maximum Gasteiger partial charge on any atom is 0.282 e. The second-order valence-corrected chi connectivity index (χ2v) is 7.88. The van der Waals surface area contributed by atoms with Crippen LogP contribution in [-0.2, 0) is 10.2 Å². The van der Waals surface area contributed by atoms with E-state index in [1.807, 2.05) is 6.92 Å². The molecular formula is C13H26N2O3S. The Morgan fingerprint density at radius 1 is 1.21 bits per heavy atom. The molecule has 0 aromatic carbocycles. The molecule has 1 aliphatic heterocycles. The van der Waals surface area contributed by atoms with Crippen LogP contribution in [0.4, 0.5) is 0 Å². The molecule has 19 heavy (non-hydrogen) atoms. The molecule has 0 spiro atoms. The number of nitrogens with zero attached hydrogens (tertiary/aromatic N) is 2. The van der Waals surface area contributed by atoms with Crippen molar-refractivity contribution in [1.82, 2.24) is 8.61 Å². The van der Waals surface area contributed by atoms with E-state index in [9.17, 15) is 13.5 Å². The first kappa shape index (κ1) is 15.2. The summed E-state index contributed by atoms with van der Waals surface area (Å²) in [7, 11) is -1.73. The fourth-order valence-electron chi connectivity index (χ4n) is 3.33. The second-order valence-electron chi connectivity index (χ2n) is 5.94. The Hall–Kier alpha value is -0.170. The number of rotatable bonds is 4. The summed E-state index contributed by atoms with van der Waals surface area (Å²) in [4.78, 5) is 0. The highest BCUT2D eigenvalue weighted by atomic mass is 32.2. The van der Waals surface area contributed by atoms with Crippen LogP contribution in [0.3, 0.4) is 0 Å². The molecule has 1 saturated carbocycles. The van der Waals surface area contributed by atoms with Gasteiger partial charge in [0.15, 0.2) is 0 Å². The van der Waals surface area contributed by atoms with Gasteiger partial charge >= 0.3 is 0 Å². The first-order chi connectivity index (χ1) is 8.98. The summed E-state index contributed by atoms with van der Waals surface area (Å²) in [5, 5.41) is 9.44. The average Bonchev–Trinajstić information content (AvgIpc) is 2.80. The molecule has 2 rings (SSSR count). The van der Waals surface area contributed by atoms with Gasteiger partial charge in [-0.05, 0) is 25.2 Å². The molecule has 1 N–H and O–H groups in total. The van der Waals surface area contributed by atoms with E-state index in [0.717, 1.165) is 32.1 Å². The van der Waals surface area contributed by atoms with Gasteiger partial charge in [-0.15, -0.1) is 0 Å². The van der Waals surface area contributed by atoms with Gasteiger partial charge in [0.2, 0.25) is 0 Å². The van der Waals surface area contributed by atoms with Crippen LogP contribution in [-0.4, -0.2) is 54.4 Å². The molecule has 112 valence electrons. The van der Waals surface area contributed by atoms with Crippen LogP contribution in [0.2, 0.25) is 0 Å². The van der Waals surface area contributed by atoms with Crippen molar-refractivity contribution in [3.05, 3.63) is 0 Å². The fourth-order valence-corrected chi connectivity index (χ4v) is 5.20. The lowest BCUT2D eigenvalue weighted by atomic mass is 9.96. The van der Waals surface area contributed by atoms with Crippen molar-refractivity contribution < 1.29 is 13.5 Å². The topological polar surface area (TPSA) is 60.9 Å². The van der Waals surface area contributed by atoms with Gasteiger partial charge in [-0.25, -0.2) is 0 Å². The van der Waals surface area contributed by atoms with Crippen molar-refractivity contribution >= 4 is 10.2 Å². The summed E-state index contributed by atoms with van der Waals surface area (Å²) >= 11 is 0. The molecule has 1 aliphatic carbocycles. The predicted octanol–water partition coefficient (Wildman–Crippen LogP) is 1.20. The number of aliphatic hydroxyl groups excluding tert-OH is 1. The molecule has 0 aromatic heterocycles. The first-order valence-electron chi connectivity index (χ1n) is 7.34. The lowest BCUT2D eigenvalue weighted by Gasteiger charge is -2.35. The molecule has 2 unspecified atom stereocenters. The SMILES string of the molecule is CC1CCN(S(=O)(=O)N(C)C2CCCCC2)C1CO. The van der Waals surface area contributed by atoms with E-state index in [1.54, 1.807) is 11.4 Å². The molecular weight excluding hydrogens is 264 g/mol. The minimum absolute atomic E-state index is 0.0844. The lowest BCUT2D eigenvalue weighted by molar-refractivity contribution is 0.180. The van der Waals surface area contributed by atoms with Crippen molar-refractivity contribution in [3.8, 4) is 0 Å². The third-order valence-corrected chi connectivity index (χ3v) is 6.84. The van der Waals surface area contributed by atoms with E-state index >= 15 is 0 Å². The van der Waals surface area contributed by atoms with Gasteiger partial charge < -0.3 is 5.11 Å². The third-order valence-electron chi connectivity index (χ3n) is 4.77. The van der Waals surface area contributed by atoms with E-state index in [1.165, 1.54) is 10.7 Å².